The zero-order valence-corrected chi connectivity index (χ0v) is 8.30. The molecule has 0 aliphatic heterocycles. The van der Waals surface area contributed by atoms with E-state index in [2.05, 4.69) is 22.2 Å². The van der Waals surface area contributed by atoms with Gasteiger partial charge in [-0.3, -0.25) is 0 Å². The Kier molecular flexibility index (Phi) is 2.12. The van der Waals surface area contributed by atoms with Crippen molar-refractivity contribution >= 4 is 17.4 Å². The molecule has 3 nitrogen and oxygen atoms in total. The minimum absolute atomic E-state index is 0.467. The van der Waals surface area contributed by atoms with Crippen LogP contribution in [-0.2, 0) is 0 Å². The first-order chi connectivity index (χ1) is 6.20. The van der Waals surface area contributed by atoms with Gasteiger partial charge in [0.25, 0.3) is 0 Å². The summed E-state index contributed by atoms with van der Waals surface area (Å²) < 4.78 is 0. The molecule has 0 radical (unpaired) electrons. The van der Waals surface area contributed by atoms with E-state index in [1.54, 1.807) is 6.20 Å². The van der Waals surface area contributed by atoms with Crippen LogP contribution in [0.2, 0.25) is 5.02 Å². The van der Waals surface area contributed by atoms with Crippen molar-refractivity contribution in [1.82, 2.24) is 9.97 Å². The molecule has 0 aromatic carbocycles. The summed E-state index contributed by atoms with van der Waals surface area (Å²) in [6, 6.07) is 0. The van der Waals surface area contributed by atoms with E-state index in [0.717, 1.165) is 12.4 Å². The Hall–Kier alpha value is -0.830. The molecule has 1 aliphatic rings. The molecular formula is C9H12ClN3. The van der Waals surface area contributed by atoms with Crippen molar-refractivity contribution in [3.8, 4) is 0 Å². The smallest absolute Gasteiger partial charge is 0.148 e. The van der Waals surface area contributed by atoms with E-state index in [1.807, 2.05) is 0 Å². The minimum Gasteiger partial charge on any atom is -0.368 e. The second-order valence-corrected chi connectivity index (χ2v) is 4.29. The molecule has 0 spiro atoms. The Balaban J connectivity index is 1.97. The minimum atomic E-state index is 0.467. The maximum atomic E-state index is 5.89. The summed E-state index contributed by atoms with van der Waals surface area (Å²) in [5.74, 6) is 0.741. The largest absolute Gasteiger partial charge is 0.368 e. The van der Waals surface area contributed by atoms with Crippen LogP contribution in [0.3, 0.4) is 0 Å². The first-order valence-corrected chi connectivity index (χ1v) is 4.77. The zero-order valence-electron chi connectivity index (χ0n) is 7.55. The Labute approximate surface area is 82.5 Å². The molecule has 2 rings (SSSR count). The van der Waals surface area contributed by atoms with Crippen LogP contribution in [-0.4, -0.2) is 16.5 Å². The van der Waals surface area contributed by atoms with Crippen LogP contribution < -0.4 is 5.32 Å². The predicted octanol–water partition coefficient (Wildman–Crippen LogP) is 2.34. The van der Waals surface area contributed by atoms with Crippen molar-refractivity contribution in [2.24, 2.45) is 5.41 Å². The third-order valence-electron chi connectivity index (χ3n) is 2.45. The van der Waals surface area contributed by atoms with Gasteiger partial charge in [-0.15, -0.1) is 0 Å². The quantitative estimate of drug-likeness (QED) is 0.809. The van der Waals surface area contributed by atoms with Crippen LogP contribution in [0, 0.1) is 5.41 Å². The Morgan fingerprint density at radius 1 is 1.62 bits per heavy atom. The second kappa shape index (κ2) is 3.14. The molecule has 1 aliphatic carbocycles. The van der Waals surface area contributed by atoms with Gasteiger partial charge in [-0.05, 0) is 18.3 Å². The normalized spacial score (nSPS) is 18.3. The molecule has 70 valence electrons. The monoisotopic (exact) mass is 197 g/mol. The lowest BCUT2D eigenvalue weighted by molar-refractivity contribution is 0.609. The molecule has 0 bridgehead atoms. The molecule has 1 fully saturated rings. The molecule has 0 amide bonds. The standard InChI is InChI=1S/C9H12ClN3/c1-9(2-3-9)5-12-8-7(10)4-11-6-13-8/h4,6H,2-3,5H2,1H3,(H,11,12,13). The van der Waals surface area contributed by atoms with Crippen LogP contribution in [0.4, 0.5) is 5.82 Å². The van der Waals surface area contributed by atoms with Gasteiger partial charge in [0.15, 0.2) is 0 Å². The number of aromatic nitrogens is 2. The Morgan fingerprint density at radius 2 is 2.38 bits per heavy atom. The fourth-order valence-electron chi connectivity index (χ4n) is 1.13. The third kappa shape index (κ3) is 2.10. The molecule has 13 heavy (non-hydrogen) atoms. The first-order valence-electron chi connectivity index (χ1n) is 4.39. The van der Waals surface area contributed by atoms with Crippen molar-refractivity contribution in [3.05, 3.63) is 17.5 Å². The molecule has 1 saturated carbocycles. The number of halogens is 1. The predicted molar refractivity (Wildman–Crippen MR) is 52.9 cm³/mol. The Morgan fingerprint density at radius 3 is 3.00 bits per heavy atom. The second-order valence-electron chi connectivity index (χ2n) is 3.88. The van der Waals surface area contributed by atoms with Crippen molar-refractivity contribution in [1.29, 1.82) is 0 Å². The number of rotatable bonds is 3. The lowest BCUT2D eigenvalue weighted by Gasteiger charge is -2.10. The van der Waals surface area contributed by atoms with E-state index in [0.29, 0.717) is 10.4 Å². The number of hydrogen-bond acceptors (Lipinski definition) is 3. The van der Waals surface area contributed by atoms with Crippen LogP contribution in [0.5, 0.6) is 0 Å². The van der Waals surface area contributed by atoms with Crippen molar-refractivity contribution in [3.63, 3.8) is 0 Å². The molecule has 1 N–H and O–H groups in total. The summed E-state index contributed by atoms with van der Waals surface area (Å²) in [6.45, 7) is 3.21. The fraction of sp³-hybridized carbons (Fsp3) is 0.556. The first kappa shape index (κ1) is 8.75. The van der Waals surface area contributed by atoms with Crippen LogP contribution in [0.1, 0.15) is 19.8 Å². The van der Waals surface area contributed by atoms with E-state index in [1.165, 1.54) is 19.2 Å². The highest BCUT2D eigenvalue weighted by molar-refractivity contribution is 6.32. The molecule has 0 unspecified atom stereocenters. The number of hydrogen-bond donors (Lipinski definition) is 1. The summed E-state index contributed by atoms with van der Waals surface area (Å²) in [4.78, 5) is 7.88. The maximum absolute atomic E-state index is 5.89. The zero-order chi connectivity index (χ0) is 9.31. The summed E-state index contributed by atoms with van der Waals surface area (Å²) in [5.41, 5.74) is 0.467. The van der Waals surface area contributed by atoms with Crippen molar-refractivity contribution < 1.29 is 0 Å². The molecule has 1 aromatic heterocycles. The summed E-state index contributed by atoms with van der Waals surface area (Å²) in [7, 11) is 0. The molecule has 4 heteroatoms. The molecule has 0 saturated heterocycles. The van der Waals surface area contributed by atoms with Crippen LogP contribution in [0.25, 0.3) is 0 Å². The summed E-state index contributed by atoms with van der Waals surface area (Å²) in [5, 5.41) is 3.82. The van der Waals surface area contributed by atoms with Crippen LogP contribution >= 0.6 is 11.6 Å². The van der Waals surface area contributed by atoms with E-state index in [4.69, 9.17) is 11.6 Å². The van der Waals surface area contributed by atoms with Gasteiger partial charge >= 0.3 is 0 Å². The highest BCUT2D eigenvalue weighted by Gasteiger charge is 2.36. The fourth-order valence-corrected chi connectivity index (χ4v) is 1.30. The van der Waals surface area contributed by atoms with Crippen LogP contribution in [0.15, 0.2) is 12.5 Å². The topological polar surface area (TPSA) is 37.8 Å². The molecule has 0 atom stereocenters. The number of nitrogens with one attached hydrogen (secondary N) is 1. The highest BCUT2D eigenvalue weighted by Crippen LogP contribution is 2.44. The van der Waals surface area contributed by atoms with Crippen molar-refractivity contribution in [2.75, 3.05) is 11.9 Å². The van der Waals surface area contributed by atoms with E-state index in [9.17, 15) is 0 Å². The lowest BCUT2D eigenvalue weighted by Crippen LogP contribution is -2.12. The van der Waals surface area contributed by atoms with Crippen molar-refractivity contribution in [2.45, 2.75) is 19.8 Å². The molecular weight excluding hydrogens is 186 g/mol. The van der Waals surface area contributed by atoms with E-state index >= 15 is 0 Å². The van der Waals surface area contributed by atoms with Gasteiger partial charge in [-0.1, -0.05) is 18.5 Å². The van der Waals surface area contributed by atoms with E-state index < -0.39 is 0 Å². The lowest BCUT2D eigenvalue weighted by atomic mass is 10.1. The van der Waals surface area contributed by atoms with Gasteiger partial charge in [0.05, 0.1) is 6.20 Å². The average Bonchev–Trinajstić information content (AvgIpc) is 2.83. The Bertz CT molecular complexity index is 309. The molecule has 1 heterocycles. The number of nitrogens with zero attached hydrogens (tertiary/aromatic N) is 2. The maximum Gasteiger partial charge on any atom is 0.148 e. The van der Waals surface area contributed by atoms with Gasteiger partial charge in [0.2, 0.25) is 0 Å². The van der Waals surface area contributed by atoms with Gasteiger partial charge in [-0.2, -0.15) is 0 Å². The average molecular weight is 198 g/mol. The number of anilines is 1. The van der Waals surface area contributed by atoms with E-state index in [-0.39, 0.29) is 0 Å². The summed E-state index contributed by atoms with van der Waals surface area (Å²) >= 11 is 5.89. The van der Waals surface area contributed by atoms with Gasteiger partial charge in [0, 0.05) is 6.54 Å². The molecule has 1 aromatic rings. The third-order valence-corrected chi connectivity index (χ3v) is 2.73. The SMILES string of the molecule is CC1(CNc2ncncc2Cl)CC1. The summed E-state index contributed by atoms with van der Waals surface area (Å²) in [6.07, 6.45) is 5.70. The van der Waals surface area contributed by atoms with Gasteiger partial charge in [0.1, 0.15) is 17.2 Å². The highest BCUT2D eigenvalue weighted by atomic mass is 35.5. The van der Waals surface area contributed by atoms with Gasteiger partial charge in [-0.25, -0.2) is 9.97 Å². The van der Waals surface area contributed by atoms with Gasteiger partial charge < -0.3 is 5.32 Å².